The first kappa shape index (κ1) is 14.2. The highest BCUT2D eigenvalue weighted by molar-refractivity contribution is 5.25. The molecule has 96 valence electrons. The average molecular weight is 233 g/mol. The summed E-state index contributed by atoms with van der Waals surface area (Å²) in [6.45, 7) is 9.88. The predicted octanol–water partition coefficient (Wildman–Crippen LogP) is 3.94. The van der Waals surface area contributed by atoms with Crippen LogP contribution in [0.1, 0.15) is 44.7 Å². The number of rotatable bonds is 5. The highest BCUT2D eigenvalue weighted by atomic mass is 14.5. The lowest BCUT2D eigenvalue weighted by molar-refractivity contribution is 0.323. The second-order valence-electron chi connectivity index (χ2n) is 6.33. The van der Waals surface area contributed by atoms with Gasteiger partial charge in [0.2, 0.25) is 0 Å². The van der Waals surface area contributed by atoms with E-state index in [1.54, 1.807) is 0 Å². The van der Waals surface area contributed by atoms with Gasteiger partial charge in [-0.2, -0.15) is 0 Å². The Kier molecular flexibility index (Phi) is 5.20. The van der Waals surface area contributed by atoms with Crippen LogP contribution < -0.4 is 5.73 Å². The molecule has 17 heavy (non-hydrogen) atoms. The van der Waals surface area contributed by atoms with E-state index in [4.69, 9.17) is 5.73 Å². The van der Waals surface area contributed by atoms with E-state index in [9.17, 15) is 0 Å². The Hall–Kier alpha value is -0.820. The van der Waals surface area contributed by atoms with Crippen LogP contribution >= 0.6 is 0 Å². The molecule has 1 aromatic carbocycles. The molecule has 0 aliphatic carbocycles. The van der Waals surface area contributed by atoms with Crippen molar-refractivity contribution in [3.8, 4) is 0 Å². The van der Waals surface area contributed by atoms with E-state index in [1.807, 2.05) is 0 Å². The standard InChI is InChI=1S/C16H27N/c1-13-7-5-6-8-15(13)11-14(12-17)9-10-16(2,3)4/h5-8,14H,9-12,17H2,1-4H3. The minimum atomic E-state index is 0.416. The van der Waals surface area contributed by atoms with E-state index in [2.05, 4.69) is 52.0 Å². The number of nitrogens with two attached hydrogens (primary N) is 1. The quantitative estimate of drug-likeness (QED) is 0.819. The molecule has 0 aliphatic heterocycles. The van der Waals surface area contributed by atoms with E-state index in [1.165, 1.54) is 24.0 Å². The van der Waals surface area contributed by atoms with Gasteiger partial charge >= 0.3 is 0 Å². The van der Waals surface area contributed by atoms with Gasteiger partial charge in [0.25, 0.3) is 0 Å². The van der Waals surface area contributed by atoms with Crippen LogP contribution in [0.5, 0.6) is 0 Å². The van der Waals surface area contributed by atoms with Crippen LogP contribution in [-0.2, 0) is 6.42 Å². The third-order valence-electron chi connectivity index (χ3n) is 3.41. The van der Waals surface area contributed by atoms with Gasteiger partial charge in [-0.05, 0) is 55.2 Å². The highest BCUT2D eigenvalue weighted by Crippen LogP contribution is 2.25. The minimum Gasteiger partial charge on any atom is -0.330 e. The fraction of sp³-hybridized carbons (Fsp3) is 0.625. The van der Waals surface area contributed by atoms with Gasteiger partial charge in [-0.1, -0.05) is 45.0 Å². The number of benzene rings is 1. The molecule has 0 aliphatic rings. The van der Waals surface area contributed by atoms with E-state index in [-0.39, 0.29) is 0 Å². The number of hydrogen-bond acceptors (Lipinski definition) is 1. The van der Waals surface area contributed by atoms with Crippen LogP contribution in [0, 0.1) is 18.3 Å². The van der Waals surface area contributed by atoms with Gasteiger partial charge in [0, 0.05) is 0 Å². The number of aryl methyl sites for hydroxylation is 1. The van der Waals surface area contributed by atoms with Crippen molar-refractivity contribution in [2.75, 3.05) is 6.54 Å². The van der Waals surface area contributed by atoms with Gasteiger partial charge in [0.05, 0.1) is 0 Å². The van der Waals surface area contributed by atoms with Crippen LogP contribution in [0.15, 0.2) is 24.3 Å². The molecule has 1 nitrogen and oxygen atoms in total. The molecule has 0 amide bonds. The summed E-state index contributed by atoms with van der Waals surface area (Å²) < 4.78 is 0. The fourth-order valence-electron chi connectivity index (χ4n) is 2.09. The summed E-state index contributed by atoms with van der Waals surface area (Å²) in [5.41, 5.74) is 9.16. The minimum absolute atomic E-state index is 0.416. The van der Waals surface area contributed by atoms with E-state index < -0.39 is 0 Å². The molecule has 0 spiro atoms. The third kappa shape index (κ3) is 5.36. The molecular formula is C16H27N. The summed E-state index contributed by atoms with van der Waals surface area (Å²) >= 11 is 0. The Morgan fingerprint density at radius 2 is 1.82 bits per heavy atom. The monoisotopic (exact) mass is 233 g/mol. The Bertz CT molecular complexity index is 336. The highest BCUT2D eigenvalue weighted by Gasteiger charge is 2.15. The summed E-state index contributed by atoms with van der Waals surface area (Å²) in [6.07, 6.45) is 3.61. The lowest BCUT2D eigenvalue weighted by Gasteiger charge is -2.22. The van der Waals surface area contributed by atoms with Crippen molar-refractivity contribution >= 4 is 0 Å². The molecule has 1 rings (SSSR count). The zero-order chi connectivity index (χ0) is 12.9. The molecule has 1 heteroatoms. The molecule has 1 aromatic rings. The first-order chi connectivity index (χ1) is 7.92. The average Bonchev–Trinajstić information content (AvgIpc) is 2.25. The van der Waals surface area contributed by atoms with Gasteiger partial charge in [-0.25, -0.2) is 0 Å². The maximum Gasteiger partial charge on any atom is -0.00457 e. The van der Waals surface area contributed by atoms with Gasteiger partial charge in [-0.3, -0.25) is 0 Å². The van der Waals surface area contributed by atoms with Crippen molar-refractivity contribution in [1.29, 1.82) is 0 Å². The second-order valence-corrected chi connectivity index (χ2v) is 6.33. The molecule has 0 bridgehead atoms. The van der Waals surface area contributed by atoms with Gasteiger partial charge < -0.3 is 5.73 Å². The molecule has 0 heterocycles. The van der Waals surface area contributed by atoms with Crippen LogP contribution in [0.2, 0.25) is 0 Å². The van der Waals surface area contributed by atoms with Crippen molar-refractivity contribution in [2.45, 2.75) is 47.0 Å². The van der Waals surface area contributed by atoms with E-state index in [0.717, 1.165) is 13.0 Å². The second kappa shape index (κ2) is 6.20. The van der Waals surface area contributed by atoms with Gasteiger partial charge in [0.15, 0.2) is 0 Å². The molecule has 0 fully saturated rings. The summed E-state index contributed by atoms with van der Waals surface area (Å²) in [7, 11) is 0. The summed E-state index contributed by atoms with van der Waals surface area (Å²) in [4.78, 5) is 0. The first-order valence-electron chi connectivity index (χ1n) is 6.67. The topological polar surface area (TPSA) is 26.0 Å². The first-order valence-corrected chi connectivity index (χ1v) is 6.67. The predicted molar refractivity (Wildman–Crippen MR) is 76.1 cm³/mol. The van der Waals surface area contributed by atoms with Gasteiger partial charge in [0.1, 0.15) is 0 Å². The lowest BCUT2D eigenvalue weighted by atomic mass is 9.84. The summed E-state index contributed by atoms with van der Waals surface area (Å²) in [5.74, 6) is 0.621. The fourth-order valence-corrected chi connectivity index (χ4v) is 2.09. The van der Waals surface area contributed by atoms with Crippen molar-refractivity contribution < 1.29 is 0 Å². The maximum absolute atomic E-state index is 5.90. The molecule has 1 unspecified atom stereocenters. The molecule has 2 N–H and O–H groups in total. The largest absolute Gasteiger partial charge is 0.330 e. The maximum atomic E-state index is 5.90. The Labute approximate surface area is 106 Å². The normalized spacial score (nSPS) is 13.7. The number of hydrogen-bond donors (Lipinski definition) is 1. The van der Waals surface area contributed by atoms with Crippen molar-refractivity contribution in [3.05, 3.63) is 35.4 Å². The van der Waals surface area contributed by atoms with Crippen molar-refractivity contribution in [1.82, 2.24) is 0 Å². The molecule has 0 radical (unpaired) electrons. The summed E-state index contributed by atoms with van der Waals surface area (Å²) in [6, 6.07) is 8.65. The van der Waals surface area contributed by atoms with Gasteiger partial charge in [-0.15, -0.1) is 0 Å². The lowest BCUT2D eigenvalue weighted by Crippen LogP contribution is -2.19. The Balaban J connectivity index is 2.56. The third-order valence-corrected chi connectivity index (χ3v) is 3.41. The van der Waals surface area contributed by atoms with Crippen LogP contribution in [0.4, 0.5) is 0 Å². The zero-order valence-corrected chi connectivity index (χ0v) is 11.8. The van der Waals surface area contributed by atoms with Crippen molar-refractivity contribution in [2.24, 2.45) is 17.1 Å². The zero-order valence-electron chi connectivity index (χ0n) is 11.8. The smallest absolute Gasteiger partial charge is 0.00457 e. The molecular weight excluding hydrogens is 206 g/mol. The molecule has 0 aromatic heterocycles. The summed E-state index contributed by atoms with van der Waals surface area (Å²) in [5, 5.41) is 0. The Morgan fingerprint density at radius 1 is 1.18 bits per heavy atom. The molecule has 0 saturated carbocycles. The molecule has 0 saturated heterocycles. The van der Waals surface area contributed by atoms with Crippen LogP contribution in [0.25, 0.3) is 0 Å². The van der Waals surface area contributed by atoms with Crippen molar-refractivity contribution in [3.63, 3.8) is 0 Å². The SMILES string of the molecule is Cc1ccccc1CC(CN)CCC(C)(C)C. The van der Waals surface area contributed by atoms with E-state index >= 15 is 0 Å². The van der Waals surface area contributed by atoms with E-state index in [0.29, 0.717) is 11.3 Å². The molecule has 1 atom stereocenters. The Morgan fingerprint density at radius 3 is 2.35 bits per heavy atom. The van der Waals surface area contributed by atoms with Crippen LogP contribution in [0.3, 0.4) is 0 Å². The van der Waals surface area contributed by atoms with Crippen LogP contribution in [-0.4, -0.2) is 6.54 Å².